The molecule has 0 saturated carbocycles. The van der Waals surface area contributed by atoms with Gasteiger partial charge in [-0.1, -0.05) is 17.7 Å². The van der Waals surface area contributed by atoms with Crippen molar-refractivity contribution in [3.05, 3.63) is 28.8 Å². The van der Waals surface area contributed by atoms with E-state index in [9.17, 15) is 0 Å². The van der Waals surface area contributed by atoms with E-state index in [2.05, 4.69) is 0 Å². The highest BCUT2D eigenvalue weighted by Gasteiger charge is 2.20. The van der Waals surface area contributed by atoms with Gasteiger partial charge in [-0.2, -0.15) is 0 Å². The van der Waals surface area contributed by atoms with Crippen LogP contribution in [0.3, 0.4) is 0 Å². The zero-order valence-corrected chi connectivity index (χ0v) is 9.01. The second-order valence-electron chi connectivity index (χ2n) is 3.42. The number of ether oxygens (including phenoxy) is 1. The Balaban J connectivity index is 3.08. The average Bonchev–Trinajstić information content (AvgIpc) is 2.17. The van der Waals surface area contributed by atoms with Gasteiger partial charge < -0.3 is 15.6 Å². The number of halogens is 1. The van der Waals surface area contributed by atoms with E-state index in [-0.39, 0.29) is 6.61 Å². The number of methoxy groups -OCH3 is 1. The molecule has 0 amide bonds. The summed E-state index contributed by atoms with van der Waals surface area (Å²) in [4.78, 5) is 0. The van der Waals surface area contributed by atoms with Gasteiger partial charge in [0.25, 0.3) is 0 Å². The molecule has 3 nitrogen and oxygen atoms in total. The average molecular weight is 216 g/mol. The number of benzene rings is 1. The lowest BCUT2D eigenvalue weighted by Gasteiger charge is -2.22. The van der Waals surface area contributed by atoms with Gasteiger partial charge in [0.1, 0.15) is 5.75 Å². The number of rotatable bonds is 3. The molecule has 0 heterocycles. The molecule has 4 heteroatoms. The number of aliphatic hydroxyl groups is 1. The van der Waals surface area contributed by atoms with Crippen LogP contribution in [0.4, 0.5) is 0 Å². The van der Waals surface area contributed by atoms with Crippen molar-refractivity contribution in [2.24, 2.45) is 5.73 Å². The number of hydrogen-bond acceptors (Lipinski definition) is 3. The predicted octanol–water partition coefficient (Wildman–Crippen LogP) is 1.51. The fourth-order valence-electron chi connectivity index (χ4n) is 1.11. The van der Waals surface area contributed by atoms with Gasteiger partial charge in [-0.05, 0) is 24.6 Å². The van der Waals surface area contributed by atoms with Crippen molar-refractivity contribution >= 4 is 11.6 Å². The molecule has 0 aliphatic heterocycles. The molecular formula is C10H14ClNO2. The van der Waals surface area contributed by atoms with Crippen LogP contribution in [0.15, 0.2) is 18.2 Å². The molecule has 0 fully saturated rings. The van der Waals surface area contributed by atoms with Gasteiger partial charge in [-0.15, -0.1) is 0 Å². The lowest BCUT2D eigenvalue weighted by molar-refractivity contribution is 0.210. The second kappa shape index (κ2) is 4.17. The molecule has 0 spiro atoms. The van der Waals surface area contributed by atoms with Crippen molar-refractivity contribution in [3.63, 3.8) is 0 Å². The third-order valence-corrected chi connectivity index (χ3v) is 2.44. The van der Waals surface area contributed by atoms with Crippen molar-refractivity contribution in [2.45, 2.75) is 12.5 Å². The molecule has 3 N–H and O–H groups in total. The molecule has 14 heavy (non-hydrogen) atoms. The van der Waals surface area contributed by atoms with Crippen molar-refractivity contribution in [1.82, 2.24) is 0 Å². The van der Waals surface area contributed by atoms with E-state index in [1.165, 1.54) is 0 Å². The lowest BCUT2D eigenvalue weighted by atomic mass is 9.94. The summed E-state index contributed by atoms with van der Waals surface area (Å²) in [6.45, 7) is 1.61. The van der Waals surface area contributed by atoms with Crippen LogP contribution in [0, 0.1) is 0 Å². The largest absolute Gasteiger partial charge is 0.495 e. The highest BCUT2D eigenvalue weighted by atomic mass is 35.5. The standard InChI is InChI=1S/C10H14ClNO2/c1-10(12,6-13)7-3-4-9(14-2)8(11)5-7/h3-5,13H,6,12H2,1-2H3. The summed E-state index contributed by atoms with van der Waals surface area (Å²) in [6.07, 6.45) is 0. The maximum Gasteiger partial charge on any atom is 0.137 e. The van der Waals surface area contributed by atoms with Crippen LogP contribution in [-0.2, 0) is 5.54 Å². The van der Waals surface area contributed by atoms with Gasteiger partial charge in [-0.3, -0.25) is 0 Å². The molecule has 0 bridgehead atoms. The molecule has 0 aromatic heterocycles. The SMILES string of the molecule is COc1ccc(C(C)(N)CO)cc1Cl. The highest BCUT2D eigenvalue weighted by Crippen LogP contribution is 2.28. The van der Waals surface area contributed by atoms with E-state index >= 15 is 0 Å². The molecular weight excluding hydrogens is 202 g/mol. The number of aliphatic hydroxyl groups excluding tert-OH is 1. The Morgan fingerprint density at radius 3 is 2.64 bits per heavy atom. The first-order valence-electron chi connectivity index (χ1n) is 4.25. The van der Waals surface area contributed by atoms with E-state index in [1.807, 2.05) is 0 Å². The zero-order valence-electron chi connectivity index (χ0n) is 8.25. The van der Waals surface area contributed by atoms with Crippen LogP contribution in [0.5, 0.6) is 5.75 Å². The van der Waals surface area contributed by atoms with Crippen molar-refractivity contribution < 1.29 is 9.84 Å². The van der Waals surface area contributed by atoms with Crippen molar-refractivity contribution in [2.75, 3.05) is 13.7 Å². The molecule has 1 atom stereocenters. The molecule has 78 valence electrons. The first kappa shape index (κ1) is 11.3. The van der Waals surface area contributed by atoms with Crippen LogP contribution in [0.2, 0.25) is 5.02 Å². The predicted molar refractivity (Wildman–Crippen MR) is 56.6 cm³/mol. The normalized spacial score (nSPS) is 14.9. The Bertz CT molecular complexity index is 326. The molecule has 1 aromatic rings. The zero-order chi connectivity index (χ0) is 10.8. The van der Waals surface area contributed by atoms with Crippen molar-refractivity contribution in [3.8, 4) is 5.75 Å². The Morgan fingerprint density at radius 2 is 2.21 bits per heavy atom. The second-order valence-corrected chi connectivity index (χ2v) is 3.83. The Hall–Kier alpha value is -0.770. The quantitative estimate of drug-likeness (QED) is 0.804. The smallest absolute Gasteiger partial charge is 0.137 e. The highest BCUT2D eigenvalue weighted by molar-refractivity contribution is 6.32. The summed E-state index contributed by atoms with van der Waals surface area (Å²) in [5.41, 5.74) is 5.86. The summed E-state index contributed by atoms with van der Waals surface area (Å²) < 4.78 is 5.01. The fourth-order valence-corrected chi connectivity index (χ4v) is 1.37. The van der Waals surface area contributed by atoms with Crippen LogP contribution in [0.1, 0.15) is 12.5 Å². The minimum Gasteiger partial charge on any atom is -0.495 e. The van der Waals surface area contributed by atoms with Crippen LogP contribution in [-0.4, -0.2) is 18.8 Å². The lowest BCUT2D eigenvalue weighted by Crippen LogP contribution is -2.36. The van der Waals surface area contributed by atoms with Gasteiger partial charge in [0, 0.05) is 0 Å². The van der Waals surface area contributed by atoms with Crippen LogP contribution >= 0.6 is 11.6 Å². The molecule has 0 aliphatic carbocycles. The number of nitrogens with two attached hydrogens (primary N) is 1. The van der Waals surface area contributed by atoms with E-state index in [4.69, 9.17) is 27.2 Å². The third kappa shape index (κ3) is 2.18. The maximum absolute atomic E-state index is 9.07. The minimum atomic E-state index is -0.768. The maximum atomic E-state index is 9.07. The van der Waals surface area contributed by atoms with Gasteiger partial charge in [0.2, 0.25) is 0 Å². The summed E-state index contributed by atoms with van der Waals surface area (Å²) in [5, 5.41) is 9.56. The van der Waals surface area contributed by atoms with Gasteiger partial charge in [-0.25, -0.2) is 0 Å². The topological polar surface area (TPSA) is 55.5 Å². The van der Waals surface area contributed by atoms with E-state index < -0.39 is 5.54 Å². The summed E-state index contributed by atoms with van der Waals surface area (Å²) in [6, 6.07) is 5.23. The van der Waals surface area contributed by atoms with Gasteiger partial charge >= 0.3 is 0 Å². The van der Waals surface area contributed by atoms with Crippen LogP contribution < -0.4 is 10.5 Å². The van der Waals surface area contributed by atoms with E-state index in [1.54, 1.807) is 32.2 Å². The first-order chi connectivity index (χ1) is 6.51. The van der Waals surface area contributed by atoms with Gasteiger partial charge in [0.15, 0.2) is 0 Å². The molecule has 0 aliphatic rings. The summed E-state index contributed by atoms with van der Waals surface area (Å²) in [7, 11) is 1.55. The number of hydrogen-bond donors (Lipinski definition) is 2. The molecule has 0 saturated heterocycles. The van der Waals surface area contributed by atoms with Crippen molar-refractivity contribution in [1.29, 1.82) is 0 Å². The first-order valence-corrected chi connectivity index (χ1v) is 4.63. The molecule has 0 radical (unpaired) electrons. The Labute approximate surface area is 88.4 Å². The van der Waals surface area contributed by atoms with Gasteiger partial charge in [0.05, 0.1) is 24.3 Å². The Morgan fingerprint density at radius 1 is 1.57 bits per heavy atom. The molecule has 1 rings (SSSR count). The van der Waals surface area contributed by atoms with Crippen LogP contribution in [0.25, 0.3) is 0 Å². The molecule has 1 aromatic carbocycles. The third-order valence-electron chi connectivity index (χ3n) is 2.14. The summed E-state index contributed by atoms with van der Waals surface area (Å²) >= 11 is 5.93. The Kier molecular flexibility index (Phi) is 3.37. The summed E-state index contributed by atoms with van der Waals surface area (Å²) in [5.74, 6) is 0.601. The molecule has 1 unspecified atom stereocenters. The minimum absolute atomic E-state index is 0.129. The van der Waals surface area contributed by atoms with E-state index in [0.717, 1.165) is 5.56 Å². The van der Waals surface area contributed by atoms with E-state index in [0.29, 0.717) is 10.8 Å². The monoisotopic (exact) mass is 215 g/mol. The fraction of sp³-hybridized carbons (Fsp3) is 0.400.